The normalized spacial score (nSPS) is 12.2. The van der Waals surface area contributed by atoms with Crippen LogP contribution in [0.1, 0.15) is 36.2 Å². The van der Waals surface area contributed by atoms with Gasteiger partial charge >= 0.3 is 5.97 Å². The third kappa shape index (κ3) is 4.13. The zero-order valence-corrected chi connectivity index (χ0v) is 12.0. The Morgan fingerprint density at radius 3 is 2.76 bits per heavy atom. The Bertz CT molecular complexity index is 393. The van der Waals surface area contributed by atoms with Gasteiger partial charge in [0.1, 0.15) is 0 Å². The average molecular weight is 300 g/mol. The smallest absolute Gasteiger partial charge is 0.337 e. The predicted molar refractivity (Wildman–Crippen MR) is 72.1 cm³/mol. The number of esters is 1. The highest BCUT2D eigenvalue weighted by atomic mass is 79.9. The summed E-state index contributed by atoms with van der Waals surface area (Å²) in [7, 11) is 1.38. The molecule has 0 aliphatic heterocycles. The average Bonchev–Trinajstić information content (AvgIpc) is 2.35. The van der Waals surface area contributed by atoms with E-state index in [1.54, 1.807) is 12.1 Å². The number of carbonyl (C=O) groups is 1. The molecule has 0 bridgehead atoms. The number of benzene rings is 1. The molecule has 1 atom stereocenters. The van der Waals surface area contributed by atoms with Crippen molar-refractivity contribution in [2.45, 2.75) is 32.9 Å². The zero-order chi connectivity index (χ0) is 12.8. The number of ether oxygens (including phenoxy) is 1. The van der Waals surface area contributed by atoms with Crippen LogP contribution in [0.4, 0.5) is 0 Å². The summed E-state index contributed by atoms with van der Waals surface area (Å²) in [6.07, 6.45) is 1.10. The highest BCUT2D eigenvalue weighted by Crippen LogP contribution is 2.19. The molecular weight excluding hydrogens is 282 g/mol. The van der Waals surface area contributed by atoms with E-state index in [0.29, 0.717) is 11.6 Å². The summed E-state index contributed by atoms with van der Waals surface area (Å²) in [4.78, 5) is 11.3. The summed E-state index contributed by atoms with van der Waals surface area (Å²) >= 11 is 3.47. The van der Waals surface area contributed by atoms with E-state index in [1.807, 2.05) is 6.07 Å². The van der Waals surface area contributed by atoms with E-state index in [4.69, 9.17) is 0 Å². The number of methoxy groups -OCH3 is 1. The number of carbonyl (C=O) groups excluding carboxylic acids is 1. The molecule has 1 rings (SSSR count). The van der Waals surface area contributed by atoms with Crippen molar-refractivity contribution in [3.63, 3.8) is 0 Å². The van der Waals surface area contributed by atoms with Gasteiger partial charge in [0.2, 0.25) is 0 Å². The molecule has 0 aliphatic carbocycles. The lowest BCUT2D eigenvalue weighted by Crippen LogP contribution is -2.24. The van der Waals surface area contributed by atoms with Crippen LogP contribution in [0.25, 0.3) is 0 Å². The molecule has 0 spiro atoms. The molecule has 0 fully saturated rings. The number of rotatable bonds is 5. The fraction of sp³-hybridized carbons (Fsp3) is 0.462. The van der Waals surface area contributed by atoms with Gasteiger partial charge in [0, 0.05) is 17.1 Å². The van der Waals surface area contributed by atoms with Crippen LogP contribution in [0.3, 0.4) is 0 Å². The Balaban J connectivity index is 2.73. The quantitative estimate of drug-likeness (QED) is 0.849. The SMILES string of the molecule is CCC(C)NCc1ccc(C(=O)OC)cc1Br. The largest absolute Gasteiger partial charge is 0.465 e. The van der Waals surface area contributed by atoms with Crippen LogP contribution in [0, 0.1) is 0 Å². The first kappa shape index (κ1) is 14.2. The van der Waals surface area contributed by atoms with Gasteiger partial charge in [-0.1, -0.05) is 28.9 Å². The van der Waals surface area contributed by atoms with Crippen LogP contribution in [0.15, 0.2) is 22.7 Å². The maximum Gasteiger partial charge on any atom is 0.337 e. The molecule has 4 heteroatoms. The molecule has 0 saturated heterocycles. The van der Waals surface area contributed by atoms with Gasteiger partial charge < -0.3 is 10.1 Å². The van der Waals surface area contributed by atoms with Crippen LogP contribution in [-0.2, 0) is 11.3 Å². The Kier molecular flexibility index (Phi) is 5.65. The first-order valence-electron chi connectivity index (χ1n) is 5.68. The zero-order valence-electron chi connectivity index (χ0n) is 10.4. The molecule has 0 saturated carbocycles. The fourth-order valence-corrected chi connectivity index (χ4v) is 1.88. The second kappa shape index (κ2) is 6.77. The lowest BCUT2D eigenvalue weighted by molar-refractivity contribution is 0.0600. The molecule has 0 radical (unpaired) electrons. The van der Waals surface area contributed by atoms with Gasteiger partial charge in [-0.05, 0) is 31.0 Å². The molecule has 1 aromatic carbocycles. The maximum absolute atomic E-state index is 11.3. The summed E-state index contributed by atoms with van der Waals surface area (Å²) in [6.45, 7) is 5.08. The Morgan fingerprint density at radius 2 is 2.24 bits per heavy atom. The summed E-state index contributed by atoms with van der Waals surface area (Å²) < 4.78 is 5.60. The van der Waals surface area contributed by atoms with Gasteiger partial charge in [-0.25, -0.2) is 4.79 Å². The van der Waals surface area contributed by atoms with E-state index in [9.17, 15) is 4.79 Å². The summed E-state index contributed by atoms with van der Waals surface area (Å²) in [5.74, 6) is -0.313. The fourth-order valence-electron chi connectivity index (χ4n) is 1.36. The summed E-state index contributed by atoms with van der Waals surface area (Å²) in [5.41, 5.74) is 1.70. The van der Waals surface area contributed by atoms with Gasteiger partial charge in [0.05, 0.1) is 12.7 Å². The third-order valence-electron chi connectivity index (χ3n) is 2.73. The van der Waals surface area contributed by atoms with E-state index in [0.717, 1.165) is 23.0 Å². The van der Waals surface area contributed by atoms with Gasteiger partial charge in [-0.2, -0.15) is 0 Å². The molecule has 0 heterocycles. The first-order chi connectivity index (χ1) is 8.08. The highest BCUT2D eigenvalue weighted by molar-refractivity contribution is 9.10. The summed E-state index contributed by atoms with van der Waals surface area (Å²) in [6, 6.07) is 6.00. The monoisotopic (exact) mass is 299 g/mol. The Labute approximate surface area is 111 Å². The van der Waals surface area contributed by atoms with Crippen LogP contribution in [0.2, 0.25) is 0 Å². The van der Waals surface area contributed by atoms with Crippen LogP contribution in [-0.4, -0.2) is 19.1 Å². The van der Waals surface area contributed by atoms with Crippen molar-refractivity contribution < 1.29 is 9.53 Å². The van der Waals surface area contributed by atoms with E-state index in [1.165, 1.54) is 7.11 Å². The van der Waals surface area contributed by atoms with Crippen LogP contribution < -0.4 is 5.32 Å². The topological polar surface area (TPSA) is 38.3 Å². The molecule has 3 nitrogen and oxygen atoms in total. The van der Waals surface area contributed by atoms with Gasteiger partial charge in [0.15, 0.2) is 0 Å². The Hall–Kier alpha value is -0.870. The van der Waals surface area contributed by atoms with Crippen molar-refractivity contribution in [3.05, 3.63) is 33.8 Å². The van der Waals surface area contributed by atoms with Gasteiger partial charge in [-0.15, -0.1) is 0 Å². The Morgan fingerprint density at radius 1 is 1.53 bits per heavy atom. The summed E-state index contributed by atoms with van der Waals surface area (Å²) in [5, 5.41) is 3.41. The lowest BCUT2D eigenvalue weighted by Gasteiger charge is -2.12. The van der Waals surface area contributed by atoms with Crippen LogP contribution >= 0.6 is 15.9 Å². The van der Waals surface area contributed by atoms with Gasteiger partial charge in [-0.3, -0.25) is 0 Å². The molecule has 94 valence electrons. The van der Waals surface area contributed by atoms with E-state index < -0.39 is 0 Å². The minimum Gasteiger partial charge on any atom is -0.465 e. The van der Waals surface area contributed by atoms with E-state index in [2.05, 4.69) is 39.8 Å². The molecule has 0 aliphatic rings. The molecule has 17 heavy (non-hydrogen) atoms. The van der Waals surface area contributed by atoms with E-state index >= 15 is 0 Å². The second-order valence-electron chi connectivity index (χ2n) is 3.99. The minimum absolute atomic E-state index is 0.313. The molecular formula is C13H18BrNO2. The maximum atomic E-state index is 11.3. The van der Waals surface area contributed by atoms with Crippen molar-refractivity contribution in [3.8, 4) is 0 Å². The molecule has 0 aromatic heterocycles. The van der Waals surface area contributed by atoms with Crippen molar-refractivity contribution in [1.29, 1.82) is 0 Å². The predicted octanol–water partition coefficient (Wildman–Crippen LogP) is 3.12. The molecule has 1 N–H and O–H groups in total. The molecule has 1 aromatic rings. The third-order valence-corrected chi connectivity index (χ3v) is 3.47. The molecule has 1 unspecified atom stereocenters. The van der Waals surface area contributed by atoms with Crippen molar-refractivity contribution in [2.75, 3.05) is 7.11 Å². The van der Waals surface area contributed by atoms with Crippen molar-refractivity contribution in [1.82, 2.24) is 5.32 Å². The number of hydrogen-bond donors (Lipinski definition) is 1. The van der Waals surface area contributed by atoms with Crippen molar-refractivity contribution in [2.24, 2.45) is 0 Å². The number of halogens is 1. The molecule has 0 amide bonds. The van der Waals surface area contributed by atoms with Crippen LogP contribution in [0.5, 0.6) is 0 Å². The first-order valence-corrected chi connectivity index (χ1v) is 6.47. The van der Waals surface area contributed by atoms with E-state index in [-0.39, 0.29) is 5.97 Å². The lowest BCUT2D eigenvalue weighted by atomic mass is 10.1. The number of nitrogens with one attached hydrogen (secondary N) is 1. The standard InChI is InChI=1S/C13H18BrNO2/c1-4-9(2)15-8-11-6-5-10(7-12(11)14)13(16)17-3/h5-7,9,15H,4,8H2,1-3H3. The highest BCUT2D eigenvalue weighted by Gasteiger charge is 2.08. The minimum atomic E-state index is -0.313. The second-order valence-corrected chi connectivity index (χ2v) is 4.84. The van der Waals surface area contributed by atoms with Gasteiger partial charge in [0.25, 0.3) is 0 Å². The van der Waals surface area contributed by atoms with Crippen molar-refractivity contribution >= 4 is 21.9 Å². The number of hydrogen-bond acceptors (Lipinski definition) is 3.